The summed E-state index contributed by atoms with van der Waals surface area (Å²) >= 11 is 0. The molecule has 1 heterocycles. The minimum Gasteiger partial charge on any atom is -0.497 e. The van der Waals surface area contributed by atoms with Crippen molar-refractivity contribution >= 4 is 0 Å². The summed E-state index contributed by atoms with van der Waals surface area (Å²) in [4.78, 5) is 4.55. The van der Waals surface area contributed by atoms with Crippen molar-refractivity contribution in [2.24, 2.45) is 11.8 Å². The Morgan fingerprint density at radius 3 is 2.55 bits per heavy atom. The standard InChI is InChI=1S/C17H28N2O/c1-4-14-5-7-15(8-6-14)11-18-12-16-10-17(20-3)9-13(2)19-16/h9-10,14-15,18H,4-8,11-12H2,1-3H3. The lowest BCUT2D eigenvalue weighted by molar-refractivity contribution is 0.262. The van der Waals surface area contributed by atoms with Crippen LogP contribution in [0.25, 0.3) is 0 Å². The predicted molar refractivity (Wildman–Crippen MR) is 83.0 cm³/mol. The van der Waals surface area contributed by atoms with Crippen LogP contribution in [0.2, 0.25) is 0 Å². The largest absolute Gasteiger partial charge is 0.497 e. The molecular weight excluding hydrogens is 248 g/mol. The van der Waals surface area contributed by atoms with Gasteiger partial charge in [0.25, 0.3) is 0 Å². The summed E-state index contributed by atoms with van der Waals surface area (Å²) in [6.45, 7) is 6.29. The van der Waals surface area contributed by atoms with Crippen molar-refractivity contribution < 1.29 is 4.74 Å². The highest BCUT2D eigenvalue weighted by Crippen LogP contribution is 2.30. The number of rotatable bonds is 6. The van der Waals surface area contributed by atoms with E-state index < -0.39 is 0 Å². The van der Waals surface area contributed by atoms with E-state index in [0.29, 0.717) is 0 Å². The van der Waals surface area contributed by atoms with Crippen LogP contribution in [0.5, 0.6) is 5.75 Å². The first-order valence-electron chi connectivity index (χ1n) is 7.93. The molecule has 0 saturated heterocycles. The molecule has 0 bridgehead atoms. The van der Waals surface area contributed by atoms with Gasteiger partial charge >= 0.3 is 0 Å². The van der Waals surface area contributed by atoms with Crippen LogP contribution in [-0.2, 0) is 6.54 Å². The smallest absolute Gasteiger partial charge is 0.122 e. The molecule has 1 aliphatic rings. The zero-order chi connectivity index (χ0) is 14.4. The average molecular weight is 276 g/mol. The third kappa shape index (κ3) is 4.48. The number of nitrogens with one attached hydrogen (secondary N) is 1. The number of nitrogens with zero attached hydrogens (tertiary/aromatic N) is 1. The van der Waals surface area contributed by atoms with E-state index in [0.717, 1.165) is 42.1 Å². The SMILES string of the molecule is CCC1CCC(CNCc2cc(OC)cc(C)n2)CC1. The van der Waals surface area contributed by atoms with Crippen LogP contribution in [0.1, 0.15) is 50.4 Å². The van der Waals surface area contributed by atoms with Crippen LogP contribution in [-0.4, -0.2) is 18.6 Å². The van der Waals surface area contributed by atoms with E-state index in [1.807, 2.05) is 19.1 Å². The number of methoxy groups -OCH3 is 1. The van der Waals surface area contributed by atoms with Crippen LogP contribution in [0.15, 0.2) is 12.1 Å². The zero-order valence-corrected chi connectivity index (χ0v) is 13.1. The first-order valence-corrected chi connectivity index (χ1v) is 7.93. The molecule has 0 radical (unpaired) electrons. The Hall–Kier alpha value is -1.09. The number of aryl methyl sites for hydroxylation is 1. The van der Waals surface area contributed by atoms with Gasteiger partial charge in [-0.25, -0.2) is 0 Å². The van der Waals surface area contributed by atoms with Crippen molar-refractivity contribution in [1.29, 1.82) is 0 Å². The molecule has 0 unspecified atom stereocenters. The second-order valence-electron chi connectivity index (χ2n) is 6.07. The fourth-order valence-corrected chi connectivity index (χ4v) is 3.16. The molecule has 0 atom stereocenters. The fraction of sp³-hybridized carbons (Fsp3) is 0.706. The minimum atomic E-state index is 0.839. The molecule has 2 rings (SSSR count). The first kappa shape index (κ1) is 15.3. The van der Waals surface area contributed by atoms with Crippen LogP contribution >= 0.6 is 0 Å². The van der Waals surface area contributed by atoms with Crippen molar-refractivity contribution in [3.05, 3.63) is 23.5 Å². The number of hydrogen-bond acceptors (Lipinski definition) is 3. The first-order chi connectivity index (χ1) is 9.71. The second kappa shape index (κ2) is 7.63. The van der Waals surface area contributed by atoms with Gasteiger partial charge in [0, 0.05) is 24.4 Å². The van der Waals surface area contributed by atoms with E-state index in [2.05, 4.69) is 17.2 Å². The van der Waals surface area contributed by atoms with E-state index in [1.54, 1.807) is 7.11 Å². The Bertz CT molecular complexity index is 411. The molecule has 0 aromatic carbocycles. The van der Waals surface area contributed by atoms with Gasteiger partial charge in [0.15, 0.2) is 0 Å². The molecule has 112 valence electrons. The maximum atomic E-state index is 5.29. The predicted octanol–water partition coefficient (Wildman–Crippen LogP) is 3.70. The van der Waals surface area contributed by atoms with Crippen molar-refractivity contribution in [2.75, 3.05) is 13.7 Å². The van der Waals surface area contributed by atoms with E-state index in [-0.39, 0.29) is 0 Å². The third-order valence-corrected chi connectivity index (χ3v) is 4.50. The molecule has 0 amide bonds. The Labute approximate surface area is 123 Å². The summed E-state index contributed by atoms with van der Waals surface area (Å²) < 4.78 is 5.29. The number of pyridine rings is 1. The van der Waals surface area contributed by atoms with Crippen molar-refractivity contribution in [3.63, 3.8) is 0 Å². The Morgan fingerprint density at radius 2 is 1.90 bits per heavy atom. The van der Waals surface area contributed by atoms with Gasteiger partial charge in [-0.2, -0.15) is 0 Å². The molecule has 1 aliphatic carbocycles. The Kier molecular flexibility index (Phi) is 5.84. The summed E-state index contributed by atoms with van der Waals surface area (Å²) in [7, 11) is 1.71. The number of ether oxygens (including phenoxy) is 1. The van der Waals surface area contributed by atoms with Gasteiger partial charge in [-0.05, 0) is 38.1 Å². The van der Waals surface area contributed by atoms with E-state index in [1.165, 1.54) is 32.1 Å². The van der Waals surface area contributed by atoms with Crippen LogP contribution < -0.4 is 10.1 Å². The summed E-state index contributed by atoms with van der Waals surface area (Å²) in [5.41, 5.74) is 2.09. The monoisotopic (exact) mass is 276 g/mol. The highest BCUT2D eigenvalue weighted by Gasteiger charge is 2.19. The average Bonchev–Trinajstić information content (AvgIpc) is 2.47. The second-order valence-corrected chi connectivity index (χ2v) is 6.07. The van der Waals surface area contributed by atoms with Gasteiger partial charge in [0.05, 0.1) is 12.8 Å². The molecule has 1 N–H and O–H groups in total. The molecule has 3 nitrogen and oxygen atoms in total. The van der Waals surface area contributed by atoms with Gasteiger partial charge in [-0.15, -0.1) is 0 Å². The molecule has 20 heavy (non-hydrogen) atoms. The van der Waals surface area contributed by atoms with Crippen LogP contribution in [0, 0.1) is 18.8 Å². The summed E-state index contributed by atoms with van der Waals surface area (Å²) in [5, 5.41) is 3.56. The number of hydrogen-bond donors (Lipinski definition) is 1. The van der Waals surface area contributed by atoms with E-state index >= 15 is 0 Å². The summed E-state index contributed by atoms with van der Waals surface area (Å²) in [6, 6.07) is 3.99. The van der Waals surface area contributed by atoms with Gasteiger partial charge in [-0.3, -0.25) is 4.98 Å². The van der Waals surface area contributed by atoms with Crippen molar-refractivity contribution in [3.8, 4) is 5.75 Å². The van der Waals surface area contributed by atoms with Gasteiger partial charge in [-0.1, -0.05) is 26.2 Å². The quantitative estimate of drug-likeness (QED) is 0.860. The molecule has 3 heteroatoms. The maximum Gasteiger partial charge on any atom is 0.122 e. The molecule has 1 aromatic heterocycles. The van der Waals surface area contributed by atoms with Crippen molar-refractivity contribution in [2.45, 2.75) is 52.5 Å². The van der Waals surface area contributed by atoms with Crippen LogP contribution in [0.4, 0.5) is 0 Å². The molecule has 1 aromatic rings. The minimum absolute atomic E-state index is 0.839. The lowest BCUT2D eigenvalue weighted by Gasteiger charge is -2.27. The van der Waals surface area contributed by atoms with E-state index in [4.69, 9.17) is 4.74 Å². The van der Waals surface area contributed by atoms with Gasteiger partial charge < -0.3 is 10.1 Å². The highest BCUT2D eigenvalue weighted by atomic mass is 16.5. The summed E-state index contributed by atoms with van der Waals surface area (Å²) in [6.07, 6.45) is 6.96. The normalized spacial score (nSPS) is 22.8. The highest BCUT2D eigenvalue weighted by molar-refractivity contribution is 5.26. The topological polar surface area (TPSA) is 34.1 Å². The van der Waals surface area contributed by atoms with Crippen LogP contribution in [0.3, 0.4) is 0 Å². The maximum absolute atomic E-state index is 5.29. The fourth-order valence-electron chi connectivity index (χ4n) is 3.16. The molecule has 1 fully saturated rings. The Morgan fingerprint density at radius 1 is 1.20 bits per heavy atom. The molecule has 1 saturated carbocycles. The lowest BCUT2D eigenvalue weighted by atomic mass is 9.81. The number of aromatic nitrogens is 1. The lowest BCUT2D eigenvalue weighted by Crippen LogP contribution is -2.26. The molecular formula is C17H28N2O. The van der Waals surface area contributed by atoms with Crippen molar-refractivity contribution in [1.82, 2.24) is 10.3 Å². The van der Waals surface area contributed by atoms with E-state index in [9.17, 15) is 0 Å². The molecule has 0 spiro atoms. The Balaban J connectivity index is 1.74. The van der Waals surface area contributed by atoms with Gasteiger partial charge in [0.1, 0.15) is 5.75 Å². The van der Waals surface area contributed by atoms with Gasteiger partial charge in [0.2, 0.25) is 0 Å². The summed E-state index contributed by atoms with van der Waals surface area (Å²) in [5.74, 6) is 2.73. The third-order valence-electron chi connectivity index (χ3n) is 4.50. The zero-order valence-electron chi connectivity index (χ0n) is 13.1. The molecule has 0 aliphatic heterocycles.